The fraction of sp³-hybridized carbons (Fsp3) is 0.800. The summed E-state index contributed by atoms with van der Waals surface area (Å²) in [5.41, 5.74) is 10.5. The molecule has 6 nitrogen and oxygen atoms in total. The van der Waals surface area contributed by atoms with Crippen LogP contribution in [0.5, 0.6) is 0 Å². The molecule has 0 aliphatic heterocycles. The van der Waals surface area contributed by atoms with E-state index in [-0.39, 0.29) is 11.8 Å². The highest BCUT2D eigenvalue weighted by Gasteiger charge is 2.31. The van der Waals surface area contributed by atoms with Crippen molar-refractivity contribution in [2.45, 2.75) is 19.3 Å². The zero-order valence-corrected chi connectivity index (χ0v) is 9.37. The fourth-order valence-corrected chi connectivity index (χ4v) is 2.17. The maximum Gasteiger partial charge on any atom is 0.312 e. The van der Waals surface area contributed by atoms with Crippen molar-refractivity contribution in [2.24, 2.45) is 23.3 Å². The molecule has 0 aromatic heterocycles. The number of carbonyl (C=O) groups excluding carboxylic acids is 2. The second-order valence-electron chi connectivity index (χ2n) is 4.12. The molecule has 0 aromatic rings. The molecule has 2 unspecified atom stereocenters. The molecular weight excluding hydrogens is 208 g/mol. The van der Waals surface area contributed by atoms with E-state index in [0.29, 0.717) is 25.6 Å². The maximum absolute atomic E-state index is 11.7. The van der Waals surface area contributed by atoms with Crippen molar-refractivity contribution in [3.63, 3.8) is 0 Å². The third-order valence-electron chi connectivity index (χ3n) is 3.02. The van der Waals surface area contributed by atoms with Crippen LogP contribution in [-0.4, -0.2) is 31.6 Å². The molecule has 6 N–H and O–H groups in total. The molecule has 3 amide bonds. The molecule has 1 aliphatic carbocycles. The van der Waals surface area contributed by atoms with Gasteiger partial charge in [-0.05, 0) is 25.3 Å². The summed E-state index contributed by atoms with van der Waals surface area (Å²) in [5.74, 6) is 0.391. The smallest absolute Gasteiger partial charge is 0.312 e. The number of hydrogen-bond donors (Lipinski definition) is 4. The minimum absolute atomic E-state index is 0.0404. The fourth-order valence-electron chi connectivity index (χ4n) is 2.17. The second-order valence-corrected chi connectivity index (χ2v) is 4.12. The van der Waals surface area contributed by atoms with Gasteiger partial charge in [0.05, 0.1) is 0 Å². The Morgan fingerprint density at radius 2 is 1.88 bits per heavy atom. The Morgan fingerprint density at radius 1 is 1.19 bits per heavy atom. The summed E-state index contributed by atoms with van der Waals surface area (Å²) in [7, 11) is 0. The van der Waals surface area contributed by atoms with Gasteiger partial charge in [0.25, 0.3) is 0 Å². The van der Waals surface area contributed by atoms with Crippen LogP contribution >= 0.6 is 0 Å². The van der Waals surface area contributed by atoms with E-state index < -0.39 is 6.03 Å². The molecule has 1 saturated carbocycles. The molecule has 0 saturated heterocycles. The predicted molar refractivity (Wildman–Crippen MR) is 60.5 cm³/mol. The van der Waals surface area contributed by atoms with E-state index in [1.165, 1.54) is 0 Å². The summed E-state index contributed by atoms with van der Waals surface area (Å²) in [5, 5.41) is 5.20. The molecule has 6 heteroatoms. The van der Waals surface area contributed by atoms with E-state index in [2.05, 4.69) is 10.6 Å². The molecule has 0 radical (unpaired) electrons. The van der Waals surface area contributed by atoms with Gasteiger partial charge in [-0.15, -0.1) is 0 Å². The summed E-state index contributed by atoms with van der Waals surface area (Å²) in [4.78, 5) is 22.1. The van der Waals surface area contributed by atoms with Crippen molar-refractivity contribution in [2.75, 3.05) is 19.6 Å². The number of rotatable bonds is 5. The van der Waals surface area contributed by atoms with Gasteiger partial charge in [-0.25, -0.2) is 4.79 Å². The van der Waals surface area contributed by atoms with Gasteiger partial charge >= 0.3 is 6.03 Å². The summed E-state index contributed by atoms with van der Waals surface area (Å²) >= 11 is 0. The number of nitrogens with two attached hydrogens (primary N) is 2. The summed E-state index contributed by atoms with van der Waals surface area (Å²) in [6.07, 6.45) is 3.02. The maximum atomic E-state index is 11.7. The van der Waals surface area contributed by atoms with E-state index in [9.17, 15) is 9.59 Å². The van der Waals surface area contributed by atoms with E-state index in [1.807, 2.05) is 0 Å². The lowest BCUT2D eigenvalue weighted by Crippen LogP contribution is -2.40. The molecule has 0 bridgehead atoms. The van der Waals surface area contributed by atoms with Crippen molar-refractivity contribution in [3.05, 3.63) is 0 Å². The Balaban J connectivity index is 2.21. The first-order valence-electron chi connectivity index (χ1n) is 5.66. The van der Waals surface area contributed by atoms with Gasteiger partial charge in [0.2, 0.25) is 5.91 Å². The Morgan fingerprint density at radius 3 is 2.50 bits per heavy atom. The molecule has 1 fully saturated rings. The zero-order chi connectivity index (χ0) is 12.0. The molecule has 92 valence electrons. The zero-order valence-electron chi connectivity index (χ0n) is 9.37. The first-order valence-corrected chi connectivity index (χ1v) is 5.66. The van der Waals surface area contributed by atoms with Crippen LogP contribution in [0.3, 0.4) is 0 Å². The molecule has 0 aromatic carbocycles. The Hall–Kier alpha value is -1.30. The first-order chi connectivity index (χ1) is 7.65. The van der Waals surface area contributed by atoms with Crippen LogP contribution in [0.15, 0.2) is 0 Å². The highest BCUT2D eigenvalue weighted by molar-refractivity contribution is 5.79. The molecular formula is C10H20N4O2. The van der Waals surface area contributed by atoms with Crippen LogP contribution in [0.1, 0.15) is 19.3 Å². The van der Waals surface area contributed by atoms with E-state index >= 15 is 0 Å². The molecule has 2 atom stereocenters. The van der Waals surface area contributed by atoms with Gasteiger partial charge in [-0.1, -0.05) is 6.42 Å². The average molecular weight is 228 g/mol. The number of amides is 3. The number of hydrogen-bond acceptors (Lipinski definition) is 3. The van der Waals surface area contributed by atoms with Crippen LogP contribution in [-0.2, 0) is 4.79 Å². The van der Waals surface area contributed by atoms with E-state index in [0.717, 1.165) is 19.3 Å². The van der Waals surface area contributed by atoms with Gasteiger partial charge in [0, 0.05) is 19.0 Å². The monoisotopic (exact) mass is 228 g/mol. The number of nitrogens with one attached hydrogen (secondary N) is 2. The molecule has 0 spiro atoms. The molecule has 1 aliphatic rings. The van der Waals surface area contributed by atoms with Crippen molar-refractivity contribution in [3.8, 4) is 0 Å². The normalized spacial score (nSPS) is 24.1. The largest absolute Gasteiger partial charge is 0.354 e. The second kappa shape index (κ2) is 6.32. The molecule has 0 heterocycles. The van der Waals surface area contributed by atoms with Gasteiger partial charge < -0.3 is 22.1 Å². The van der Waals surface area contributed by atoms with Crippen molar-refractivity contribution >= 4 is 11.9 Å². The van der Waals surface area contributed by atoms with Crippen LogP contribution in [0, 0.1) is 11.8 Å². The number of carbonyl (C=O) groups is 2. The summed E-state index contributed by atoms with van der Waals surface area (Å²) < 4.78 is 0. The van der Waals surface area contributed by atoms with Crippen LogP contribution in [0.25, 0.3) is 0 Å². The van der Waals surface area contributed by atoms with Gasteiger partial charge in [-0.2, -0.15) is 0 Å². The first kappa shape index (κ1) is 12.8. The SMILES string of the molecule is NCC1CCCC1C(=O)NCCNC(N)=O. The topological polar surface area (TPSA) is 110 Å². The highest BCUT2D eigenvalue weighted by Crippen LogP contribution is 2.30. The lowest BCUT2D eigenvalue weighted by atomic mass is 9.95. The van der Waals surface area contributed by atoms with Gasteiger partial charge in [0.1, 0.15) is 0 Å². The number of primary amides is 1. The molecule has 1 rings (SSSR count). The third kappa shape index (κ3) is 3.69. The lowest BCUT2D eigenvalue weighted by Gasteiger charge is -2.17. The van der Waals surface area contributed by atoms with E-state index in [1.54, 1.807) is 0 Å². The minimum atomic E-state index is -0.574. The van der Waals surface area contributed by atoms with Crippen LogP contribution in [0.4, 0.5) is 4.79 Å². The number of urea groups is 1. The quantitative estimate of drug-likeness (QED) is 0.460. The van der Waals surface area contributed by atoms with Crippen LogP contribution in [0.2, 0.25) is 0 Å². The van der Waals surface area contributed by atoms with Crippen molar-refractivity contribution < 1.29 is 9.59 Å². The third-order valence-corrected chi connectivity index (χ3v) is 3.02. The van der Waals surface area contributed by atoms with Gasteiger partial charge in [-0.3, -0.25) is 4.79 Å². The van der Waals surface area contributed by atoms with E-state index in [4.69, 9.17) is 11.5 Å². The Bertz CT molecular complexity index is 257. The summed E-state index contributed by atoms with van der Waals surface area (Å²) in [6, 6.07) is -0.574. The standard InChI is InChI=1S/C10H20N4O2/c11-6-7-2-1-3-8(7)9(15)13-4-5-14-10(12)16/h7-8H,1-6,11H2,(H,13,15)(H3,12,14,16). The van der Waals surface area contributed by atoms with Gasteiger partial charge in [0.15, 0.2) is 0 Å². The van der Waals surface area contributed by atoms with Crippen molar-refractivity contribution in [1.82, 2.24) is 10.6 Å². The average Bonchev–Trinajstić information content (AvgIpc) is 2.71. The van der Waals surface area contributed by atoms with Crippen LogP contribution < -0.4 is 22.1 Å². The highest BCUT2D eigenvalue weighted by atomic mass is 16.2. The Kier molecular flexibility index (Phi) is 5.04. The lowest BCUT2D eigenvalue weighted by molar-refractivity contribution is -0.125. The molecule has 16 heavy (non-hydrogen) atoms. The predicted octanol–water partition coefficient (Wildman–Crippen LogP) is -0.854. The van der Waals surface area contributed by atoms with Crippen molar-refractivity contribution in [1.29, 1.82) is 0 Å². The summed E-state index contributed by atoms with van der Waals surface area (Å²) in [6.45, 7) is 1.34. The Labute approximate surface area is 95.1 Å². The minimum Gasteiger partial charge on any atom is -0.354 e.